The monoisotopic (exact) mass is 257 g/mol. The van der Waals surface area contributed by atoms with Crippen molar-refractivity contribution < 1.29 is 9.18 Å². The van der Waals surface area contributed by atoms with Gasteiger partial charge in [0.1, 0.15) is 5.82 Å². The number of hydrogen-bond donors (Lipinski definition) is 0. The molecule has 0 fully saturated rings. The van der Waals surface area contributed by atoms with Crippen LogP contribution in [-0.4, -0.2) is 10.4 Å². The van der Waals surface area contributed by atoms with Crippen molar-refractivity contribution >= 4 is 5.78 Å². The van der Waals surface area contributed by atoms with Gasteiger partial charge in [0, 0.05) is 29.1 Å². The molecule has 0 amide bonds. The van der Waals surface area contributed by atoms with Crippen LogP contribution in [0, 0.1) is 19.7 Å². The first-order valence-electron chi connectivity index (χ1n) is 6.58. The highest BCUT2D eigenvalue weighted by molar-refractivity contribution is 5.98. The van der Waals surface area contributed by atoms with Gasteiger partial charge in [-0.2, -0.15) is 0 Å². The number of hydrogen-bond acceptors (Lipinski definition) is 1. The first kappa shape index (κ1) is 12.2. The summed E-state index contributed by atoms with van der Waals surface area (Å²) in [7, 11) is 0. The van der Waals surface area contributed by atoms with Crippen LogP contribution in [-0.2, 0) is 6.42 Å². The average molecular weight is 257 g/mol. The van der Waals surface area contributed by atoms with Crippen LogP contribution in [0.15, 0.2) is 24.3 Å². The lowest BCUT2D eigenvalue weighted by Gasteiger charge is -2.16. The fraction of sp³-hybridized carbons (Fsp3) is 0.312. The quantitative estimate of drug-likeness (QED) is 0.762. The lowest BCUT2D eigenvalue weighted by Crippen LogP contribution is -2.12. The second kappa shape index (κ2) is 4.34. The minimum Gasteiger partial charge on any atom is -0.317 e. The summed E-state index contributed by atoms with van der Waals surface area (Å²) in [5, 5.41) is 0. The minimum atomic E-state index is -0.237. The summed E-state index contributed by atoms with van der Waals surface area (Å²) in [6.45, 7) is 3.84. The summed E-state index contributed by atoms with van der Waals surface area (Å²) < 4.78 is 15.6. The van der Waals surface area contributed by atoms with E-state index in [1.54, 1.807) is 0 Å². The molecule has 0 unspecified atom stereocenters. The molecule has 1 aliphatic carbocycles. The van der Waals surface area contributed by atoms with Crippen LogP contribution >= 0.6 is 0 Å². The molecule has 0 saturated heterocycles. The number of Topliss-reactive ketones (excluding diaryl/α,β-unsaturated/α-hetero) is 1. The second-order valence-corrected chi connectivity index (χ2v) is 5.25. The highest BCUT2D eigenvalue weighted by Crippen LogP contribution is 2.28. The van der Waals surface area contributed by atoms with Crippen molar-refractivity contribution in [1.29, 1.82) is 0 Å². The van der Waals surface area contributed by atoms with Crippen molar-refractivity contribution in [3.8, 4) is 5.69 Å². The number of benzene rings is 1. The third-order valence-corrected chi connectivity index (χ3v) is 3.69. The molecule has 1 aromatic carbocycles. The molecule has 3 heteroatoms. The Morgan fingerprint density at radius 1 is 1.11 bits per heavy atom. The Balaban J connectivity index is 2.23. The third-order valence-electron chi connectivity index (χ3n) is 3.69. The number of carbonyl (C=O) groups is 1. The lowest BCUT2D eigenvalue weighted by atomic mass is 9.96. The van der Waals surface area contributed by atoms with Crippen LogP contribution in [0.3, 0.4) is 0 Å². The average Bonchev–Trinajstić information content (AvgIpc) is 2.65. The maximum absolute atomic E-state index is 13.6. The van der Waals surface area contributed by atoms with E-state index in [0.29, 0.717) is 6.42 Å². The maximum atomic E-state index is 13.6. The van der Waals surface area contributed by atoms with Crippen LogP contribution in [0.5, 0.6) is 0 Å². The summed E-state index contributed by atoms with van der Waals surface area (Å²) >= 11 is 0. The Morgan fingerprint density at radius 2 is 1.89 bits per heavy atom. The number of carbonyl (C=O) groups excluding carboxylic acids is 1. The largest absolute Gasteiger partial charge is 0.317 e. The Morgan fingerprint density at radius 3 is 2.63 bits per heavy atom. The molecule has 3 rings (SSSR count). The summed E-state index contributed by atoms with van der Waals surface area (Å²) in [4.78, 5) is 11.9. The minimum absolute atomic E-state index is 0.205. The molecular weight excluding hydrogens is 241 g/mol. The van der Waals surface area contributed by atoms with Gasteiger partial charge >= 0.3 is 0 Å². The normalized spacial score (nSPS) is 14.6. The highest BCUT2D eigenvalue weighted by Gasteiger charge is 2.23. The van der Waals surface area contributed by atoms with E-state index in [1.165, 1.54) is 12.1 Å². The van der Waals surface area contributed by atoms with Crippen molar-refractivity contribution in [3.63, 3.8) is 0 Å². The number of halogens is 1. The molecule has 98 valence electrons. The predicted octanol–water partition coefficient (Wildman–Crippen LogP) is 3.75. The molecule has 2 nitrogen and oxygen atoms in total. The van der Waals surface area contributed by atoms with Crippen molar-refractivity contribution in [2.75, 3.05) is 0 Å². The maximum Gasteiger partial charge on any atom is 0.164 e. The number of aromatic nitrogens is 1. The third kappa shape index (κ3) is 1.99. The first-order valence-corrected chi connectivity index (χ1v) is 6.58. The summed E-state index contributed by atoms with van der Waals surface area (Å²) in [5.41, 5.74) is 4.53. The molecule has 2 aromatic rings. The van der Waals surface area contributed by atoms with E-state index in [4.69, 9.17) is 0 Å². The molecule has 0 spiro atoms. The Bertz CT molecular complexity index is 649. The van der Waals surface area contributed by atoms with Gasteiger partial charge in [0.2, 0.25) is 0 Å². The van der Waals surface area contributed by atoms with Gasteiger partial charge in [0.05, 0.1) is 0 Å². The fourth-order valence-corrected chi connectivity index (χ4v) is 2.93. The van der Waals surface area contributed by atoms with Crippen LogP contribution in [0.4, 0.5) is 4.39 Å². The Hall–Kier alpha value is -1.90. The van der Waals surface area contributed by atoms with E-state index in [2.05, 4.69) is 0 Å². The molecule has 19 heavy (non-hydrogen) atoms. The van der Waals surface area contributed by atoms with Crippen LogP contribution in [0.1, 0.15) is 40.2 Å². The van der Waals surface area contributed by atoms with E-state index in [1.807, 2.05) is 30.5 Å². The molecular formula is C16H16FNO. The van der Waals surface area contributed by atoms with Crippen molar-refractivity contribution in [3.05, 3.63) is 52.6 Å². The van der Waals surface area contributed by atoms with Gasteiger partial charge < -0.3 is 4.57 Å². The van der Waals surface area contributed by atoms with Gasteiger partial charge in [-0.1, -0.05) is 0 Å². The van der Waals surface area contributed by atoms with E-state index < -0.39 is 0 Å². The van der Waals surface area contributed by atoms with E-state index in [9.17, 15) is 9.18 Å². The van der Waals surface area contributed by atoms with E-state index >= 15 is 0 Å². The van der Waals surface area contributed by atoms with E-state index in [-0.39, 0.29) is 11.6 Å². The second-order valence-electron chi connectivity index (χ2n) is 5.25. The molecule has 1 aliphatic rings. The van der Waals surface area contributed by atoms with E-state index in [0.717, 1.165) is 41.0 Å². The van der Waals surface area contributed by atoms with Crippen molar-refractivity contribution in [1.82, 2.24) is 4.57 Å². The Kier molecular flexibility index (Phi) is 2.77. The molecule has 0 N–H and O–H groups in total. The fourth-order valence-electron chi connectivity index (χ4n) is 2.93. The van der Waals surface area contributed by atoms with Crippen LogP contribution in [0.25, 0.3) is 5.69 Å². The highest BCUT2D eigenvalue weighted by atomic mass is 19.1. The predicted molar refractivity (Wildman–Crippen MR) is 72.5 cm³/mol. The zero-order valence-electron chi connectivity index (χ0n) is 11.2. The van der Waals surface area contributed by atoms with Gasteiger partial charge in [-0.3, -0.25) is 4.79 Å². The zero-order chi connectivity index (χ0) is 13.6. The molecule has 0 bridgehead atoms. The van der Waals surface area contributed by atoms with Gasteiger partial charge in [-0.15, -0.1) is 0 Å². The summed E-state index contributed by atoms with van der Waals surface area (Å²) in [6.07, 6.45) is 2.38. The number of nitrogens with zero attached hydrogens (tertiary/aromatic N) is 1. The standard InChI is InChI=1S/C16H16FNO/c1-10-6-12(17)9-13(7-10)18-11(2)8-14-15(18)4-3-5-16(14)19/h6-9H,3-5H2,1-2H3. The van der Waals surface area contributed by atoms with Crippen LogP contribution in [0.2, 0.25) is 0 Å². The topological polar surface area (TPSA) is 22.0 Å². The van der Waals surface area contributed by atoms with Gasteiger partial charge in [-0.25, -0.2) is 4.39 Å². The summed E-state index contributed by atoms with van der Waals surface area (Å²) in [6, 6.07) is 6.92. The lowest BCUT2D eigenvalue weighted by molar-refractivity contribution is 0.0972. The number of aryl methyl sites for hydroxylation is 2. The van der Waals surface area contributed by atoms with Crippen LogP contribution < -0.4 is 0 Å². The van der Waals surface area contributed by atoms with Gasteiger partial charge in [0.15, 0.2) is 5.78 Å². The SMILES string of the molecule is Cc1cc(F)cc(-n2c(C)cc3c2CCCC3=O)c1. The molecule has 1 aromatic heterocycles. The van der Waals surface area contributed by atoms with Gasteiger partial charge in [0.25, 0.3) is 0 Å². The molecule has 0 aliphatic heterocycles. The van der Waals surface area contributed by atoms with Crippen molar-refractivity contribution in [2.24, 2.45) is 0 Å². The molecule has 1 heterocycles. The van der Waals surface area contributed by atoms with Gasteiger partial charge in [-0.05, 0) is 56.5 Å². The molecule has 0 radical (unpaired) electrons. The summed E-state index contributed by atoms with van der Waals surface area (Å²) in [5.74, 6) is -0.0322. The number of ketones is 1. The molecule has 0 atom stereocenters. The molecule has 0 saturated carbocycles. The number of rotatable bonds is 1. The zero-order valence-corrected chi connectivity index (χ0v) is 11.2. The Labute approximate surface area is 111 Å². The van der Waals surface area contributed by atoms with Crippen molar-refractivity contribution in [2.45, 2.75) is 33.1 Å². The first-order chi connectivity index (χ1) is 9.06. The smallest absolute Gasteiger partial charge is 0.164 e. The number of fused-ring (bicyclic) bond motifs is 1.